The molecule has 0 atom stereocenters. The molecule has 0 aromatic heterocycles. The second-order valence-electron chi connectivity index (χ2n) is 6.88. The summed E-state index contributed by atoms with van der Waals surface area (Å²) in [6, 6.07) is 34.8. The first-order valence-electron chi connectivity index (χ1n) is 10.1. The zero-order valence-electron chi connectivity index (χ0n) is 17.2. The molecule has 0 fully saturated rings. The third-order valence-electron chi connectivity index (χ3n) is 4.68. The van der Waals surface area contributed by atoms with Crippen LogP contribution in [0.3, 0.4) is 0 Å². The van der Waals surface area contributed by atoms with Gasteiger partial charge in [-0.3, -0.25) is 4.79 Å². The van der Waals surface area contributed by atoms with Gasteiger partial charge in [-0.25, -0.2) is 4.39 Å². The molecule has 0 aliphatic rings. The zero-order valence-corrected chi connectivity index (χ0v) is 18.1. The monoisotopic (exact) mass is 441 g/mol. The molecule has 1 N–H and O–H groups in total. The molecule has 0 radical (unpaired) electrons. The minimum Gasteiger partial charge on any atom is -0.462 e. The van der Waals surface area contributed by atoms with E-state index in [0.717, 1.165) is 10.6 Å². The Bertz CT molecular complexity index is 1160. The van der Waals surface area contributed by atoms with Gasteiger partial charge in [0, 0.05) is 22.4 Å². The van der Waals surface area contributed by atoms with E-state index in [-0.39, 0.29) is 17.2 Å². The van der Waals surface area contributed by atoms with Gasteiger partial charge in [-0.2, -0.15) is 0 Å². The lowest BCUT2D eigenvalue weighted by molar-refractivity contribution is 0.0969. The number of nitrogens with one attached hydrogen (secondary N) is 1. The van der Waals surface area contributed by atoms with E-state index in [1.807, 2.05) is 66.7 Å². The molecule has 0 saturated carbocycles. The molecule has 4 aromatic rings. The average molecular weight is 441 g/mol. The van der Waals surface area contributed by atoms with Gasteiger partial charge in [0.25, 0.3) is 5.91 Å². The van der Waals surface area contributed by atoms with Crippen LogP contribution in [0.1, 0.15) is 15.9 Å². The van der Waals surface area contributed by atoms with Crippen molar-refractivity contribution in [2.45, 2.75) is 0 Å². The number of benzene rings is 4. The highest BCUT2D eigenvalue weighted by molar-refractivity contribution is 7.68. The molecular formula is C27H21FNO2P. The number of rotatable bonds is 7. The van der Waals surface area contributed by atoms with Crippen LogP contribution in [0.4, 0.5) is 4.39 Å². The SMILES string of the molecule is O=C(NC=C(OP(c1ccccc1)c1ccccc1)c1ccccc1F)c1ccccc1. The van der Waals surface area contributed by atoms with E-state index in [1.165, 1.54) is 12.3 Å². The Labute approximate surface area is 188 Å². The van der Waals surface area contributed by atoms with E-state index in [2.05, 4.69) is 5.32 Å². The maximum Gasteiger partial charge on any atom is 0.255 e. The second kappa shape index (κ2) is 10.5. The van der Waals surface area contributed by atoms with Crippen molar-refractivity contribution < 1.29 is 13.7 Å². The lowest BCUT2D eigenvalue weighted by atomic mass is 10.2. The van der Waals surface area contributed by atoms with Gasteiger partial charge in [-0.15, -0.1) is 0 Å². The van der Waals surface area contributed by atoms with Crippen molar-refractivity contribution in [1.29, 1.82) is 0 Å². The van der Waals surface area contributed by atoms with Crippen LogP contribution in [0.5, 0.6) is 0 Å². The van der Waals surface area contributed by atoms with Crippen molar-refractivity contribution >= 4 is 30.4 Å². The first kappa shape index (κ1) is 21.5. The Morgan fingerprint density at radius 3 is 1.78 bits per heavy atom. The molecule has 0 bridgehead atoms. The van der Waals surface area contributed by atoms with Crippen LogP contribution < -0.4 is 15.9 Å². The van der Waals surface area contributed by atoms with Gasteiger partial charge in [0.15, 0.2) is 13.9 Å². The summed E-state index contributed by atoms with van der Waals surface area (Å²) in [6.07, 6.45) is 1.44. The molecule has 0 saturated heterocycles. The number of amides is 1. The maximum absolute atomic E-state index is 14.7. The lowest BCUT2D eigenvalue weighted by Crippen LogP contribution is -2.19. The molecule has 158 valence electrons. The summed E-state index contributed by atoms with van der Waals surface area (Å²) >= 11 is 0. The summed E-state index contributed by atoms with van der Waals surface area (Å²) in [5, 5.41) is 4.71. The largest absolute Gasteiger partial charge is 0.462 e. The average Bonchev–Trinajstić information content (AvgIpc) is 2.86. The third kappa shape index (κ3) is 5.29. The summed E-state index contributed by atoms with van der Waals surface area (Å²) in [5.41, 5.74) is 0.783. The molecule has 0 spiro atoms. The third-order valence-corrected chi connectivity index (χ3v) is 6.59. The molecule has 0 aliphatic heterocycles. The van der Waals surface area contributed by atoms with Gasteiger partial charge in [0.1, 0.15) is 5.82 Å². The standard InChI is InChI=1S/C27H21FNO2P/c28-25-19-11-10-18-24(25)26(20-29-27(30)21-12-4-1-5-13-21)31-32(22-14-6-2-7-15-22)23-16-8-3-9-17-23/h1-20H,(H,29,30). The lowest BCUT2D eigenvalue weighted by Gasteiger charge is -2.22. The van der Waals surface area contributed by atoms with Crippen LogP contribution in [-0.2, 0) is 4.52 Å². The Hall–Kier alpha value is -3.75. The fraction of sp³-hybridized carbons (Fsp3) is 0. The van der Waals surface area contributed by atoms with E-state index in [4.69, 9.17) is 4.52 Å². The van der Waals surface area contributed by atoms with Crippen LogP contribution >= 0.6 is 8.15 Å². The Morgan fingerprint density at radius 1 is 0.719 bits per heavy atom. The number of halogens is 1. The molecule has 4 aromatic carbocycles. The van der Waals surface area contributed by atoms with Crippen molar-refractivity contribution in [3.63, 3.8) is 0 Å². The molecule has 5 heteroatoms. The normalized spacial score (nSPS) is 11.2. The van der Waals surface area contributed by atoms with Crippen LogP contribution in [0.15, 0.2) is 121 Å². The maximum atomic E-state index is 14.7. The molecule has 0 unspecified atom stereocenters. The minimum absolute atomic E-state index is 0.256. The van der Waals surface area contributed by atoms with Gasteiger partial charge < -0.3 is 9.84 Å². The summed E-state index contributed by atoms with van der Waals surface area (Å²) in [5.74, 6) is -0.471. The molecule has 4 rings (SSSR count). The minimum atomic E-state index is -1.30. The molecule has 32 heavy (non-hydrogen) atoms. The zero-order chi connectivity index (χ0) is 22.2. The summed E-state index contributed by atoms with van der Waals surface area (Å²) < 4.78 is 21.2. The fourth-order valence-corrected chi connectivity index (χ4v) is 4.84. The first-order chi connectivity index (χ1) is 15.7. The van der Waals surface area contributed by atoms with Crippen LogP contribution in [0, 0.1) is 5.82 Å². The number of hydrogen-bond acceptors (Lipinski definition) is 2. The number of hydrogen-bond donors (Lipinski definition) is 1. The summed E-state index contributed by atoms with van der Waals surface area (Å²) in [7, 11) is -1.30. The second-order valence-corrected chi connectivity index (χ2v) is 8.69. The fourth-order valence-electron chi connectivity index (χ4n) is 3.10. The van der Waals surface area contributed by atoms with E-state index >= 15 is 0 Å². The molecule has 3 nitrogen and oxygen atoms in total. The quantitative estimate of drug-likeness (QED) is 0.299. The van der Waals surface area contributed by atoms with E-state index in [9.17, 15) is 9.18 Å². The summed E-state index contributed by atoms with van der Waals surface area (Å²) in [6.45, 7) is 0. The first-order valence-corrected chi connectivity index (χ1v) is 11.4. The van der Waals surface area contributed by atoms with E-state index in [0.29, 0.717) is 5.56 Å². The predicted molar refractivity (Wildman–Crippen MR) is 128 cm³/mol. The van der Waals surface area contributed by atoms with Crippen molar-refractivity contribution in [2.75, 3.05) is 0 Å². The van der Waals surface area contributed by atoms with Crippen LogP contribution in [0.25, 0.3) is 5.76 Å². The Morgan fingerprint density at radius 2 is 1.22 bits per heavy atom. The van der Waals surface area contributed by atoms with Crippen molar-refractivity contribution in [1.82, 2.24) is 5.32 Å². The molecule has 0 heterocycles. The van der Waals surface area contributed by atoms with E-state index < -0.39 is 14.0 Å². The summed E-state index contributed by atoms with van der Waals surface area (Å²) in [4.78, 5) is 12.6. The Kier molecular flexibility index (Phi) is 7.06. The molecule has 1 amide bonds. The van der Waals surface area contributed by atoms with Crippen molar-refractivity contribution in [2.24, 2.45) is 0 Å². The van der Waals surface area contributed by atoms with Crippen molar-refractivity contribution in [3.05, 3.63) is 138 Å². The molecule has 0 aliphatic carbocycles. The predicted octanol–water partition coefficient (Wildman–Crippen LogP) is 5.62. The van der Waals surface area contributed by atoms with Crippen molar-refractivity contribution in [3.8, 4) is 0 Å². The highest BCUT2D eigenvalue weighted by Gasteiger charge is 2.20. The Balaban J connectivity index is 1.72. The smallest absolute Gasteiger partial charge is 0.255 e. The van der Waals surface area contributed by atoms with E-state index in [1.54, 1.807) is 42.5 Å². The number of carbonyl (C=O) groups is 1. The molecular weight excluding hydrogens is 420 g/mol. The highest BCUT2D eigenvalue weighted by atomic mass is 31.1. The van der Waals surface area contributed by atoms with Crippen LogP contribution in [-0.4, -0.2) is 5.91 Å². The van der Waals surface area contributed by atoms with Gasteiger partial charge in [0.05, 0.1) is 5.56 Å². The number of carbonyl (C=O) groups excluding carboxylic acids is 1. The highest BCUT2D eigenvalue weighted by Crippen LogP contribution is 2.40. The van der Waals surface area contributed by atoms with Gasteiger partial charge in [-0.05, 0) is 24.3 Å². The topological polar surface area (TPSA) is 38.3 Å². The van der Waals surface area contributed by atoms with Crippen LogP contribution in [0.2, 0.25) is 0 Å². The van der Waals surface area contributed by atoms with Gasteiger partial charge in [0.2, 0.25) is 0 Å². The van der Waals surface area contributed by atoms with Gasteiger partial charge >= 0.3 is 0 Å². The van der Waals surface area contributed by atoms with Gasteiger partial charge in [-0.1, -0.05) is 91.0 Å².